The van der Waals surface area contributed by atoms with Gasteiger partial charge in [-0.05, 0) is 80.0 Å². The Morgan fingerprint density at radius 2 is 1.67 bits per heavy atom. The van der Waals surface area contributed by atoms with Crippen LogP contribution in [-0.4, -0.2) is 11.8 Å². The minimum atomic E-state index is -0.192. The van der Waals surface area contributed by atoms with Gasteiger partial charge in [-0.2, -0.15) is 0 Å². The van der Waals surface area contributed by atoms with Crippen LogP contribution in [0.15, 0.2) is 48.5 Å². The lowest BCUT2D eigenvalue weighted by Crippen LogP contribution is -2.19. The lowest BCUT2D eigenvalue weighted by molar-refractivity contribution is 0.102. The molecule has 0 radical (unpaired) electrons. The van der Waals surface area contributed by atoms with E-state index in [0.29, 0.717) is 22.0 Å². The number of hydrogen-bond acceptors (Lipinski definition) is 3. The molecule has 0 saturated heterocycles. The van der Waals surface area contributed by atoms with Crippen LogP contribution >= 0.6 is 11.3 Å². The summed E-state index contributed by atoms with van der Waals surface area (Å²) < 4.78 is 0. The zero-order chi connectivity index (χ0) is 21.3. The first kappa shape index (κ1) is 20.4. The zero-order valence-corrected chi connectivity index (χ0v) is 18.4. The van der Waals surface area contributed by atoms with Crippen LogP contribution in [0.3, 0.4) is 0 Å². The fraction of sp³-hybridized carbons (Fsp3) is 0.280. The fourth-order valence-electron chi connectivity index (χ4n) is 4.08. The molecule has 2 amide bonds. The van der Waals surface area contributed by atoms with Crippen LogP contribution in [0.5, 0.6) is 0 Å². The molecule has 5 heteroatoms. The van der Waals surface area contributed by atoms with Crippen LogP contribution in [0, 0.1) is 19.8 Å². The average molecular weight is 419 g/mol. The number of aryl methyl sites for hydroxylation is 2. The first-order valence-electron chi connectivity index (χ1n) is 10.3. The van der Waals surface area contributed by atoms with Gasteiger partial charge < -0.3 is 10.6 Å². The number of amides is 2. The third-order valence-electron chi connectivity index (χ3n) is 5.48. The number of rotatable bonds is 4. The van der Waals surface area contributed by atoms with Gasteiger partial charge in [-0.1, -0.05) is 31.2 Å². The van der Waals surface area contributed by atoms with Gasteiger partial charge in [0.15, 0.2) is 0 Å². The molecule has 1 aromatic heterocycles. The maximum atomic E-state index is 13.3. The summed E-state index contributed by atoms with van der Waals surface area (Å²) >= 11 is 1.54. The summed E-state index contributed by atoms with van der Waals surface area (Å²) in [6.07, 6.45) is 2.87. The number of nitrogens with one attached hydrogen (secondary N) is 2. The first-order valence-corrected chi connectivity index (χ1v) is 11.1. The third-order valence-corrected chi connectivity index (χ3v) is 6.65. The Kier molecular flexibility index (Phi) is 5.73. The average Bonchev–Trinajstić information content (AvgIpc) is 3.04. The highest BCUT2D eigenvalue weighted by Crippen LogP contribution is 2.40. The third kappa shape index (κ3) is 4.31. The fourth-order valence-corrected chi connectivity index (χ4v) is 5.49. The summed E-state index contributed by atoms with van der Waals surface area (Å²) in [6, 6.07) is 15.1. The van der Waals surface area contributed by atoms with E-state index in [2.05, 4.69) is 23.6 Å². The largest absolute Gasteiger partial charge is 0.322 e. The van der Waals surface area contributed by atoms with Crippen molar-refractivity contribution in [2.24, 2.45) is 5.92 Å². The lowest BCUT2D eigenvalue weighted by atomic mass is 9.88. The summed E-state index contributed by atoms with van der Waals surface area (Å²) in [4.78, 5) is 27.3. The molecule has 1 heterocycles. The molecule has 0 fully saturated rings. The van der Waals surface area contributed by atoms with Crippen LogP contribution in [0.25, 0.3) is 0 Å². The minimum absolute atomic E-state index is 0.157. The first-order chi connectivity index (χ1) is 14.4. The van der Waals surface area contributed by atoms with Gasteiger partial charge in [0, 0.05) is 16.1 Å². The van der Waals surface area contributed by atoms with Gasteiger partial charge in [-0.3, -0.25) is 9.59 Å². The Morgan fingerprint density at radius 1 is 0.967 bits per heavy atom. The monoisotopic (exact) mass is 418 g/mol. The molecule has 1 aliphatic rings. The summed E-state index contributed by atoms with van der Waals surface area (Å²) in [7, 11) is 0. The van der Waals surface area contributed by atoms with E-state index in [0.717, 1.165) is 41.6 Å². The van der Waals surface area contributed by atoms with E-state index < -0.39 is 0 Å². The number of fused-ring (bicyclic) bond motifs is 1. The summed E-state index contributed by atoms with van der Waals surface area (Å²) in [5, 5.41) is 6.71. The molecule has 0 bridgehead atoms. The lowest BCUT2D eigenvalue weighted by Gasteiger charge is -2.19. The van der Waals surface area contributed by atoms with Crippen molar-refractivity contribution in [1.29, 1.82) is 0 Å². The molecule has 1 aliphatic carbocycles. The van der Waals surface area contributed by atoms with Crippen molar-refractivity contribution < 1.29 is 9.59 Å². The Balaban J connectivity index is 1.68. The second-order valence-corrected chi connectivity index (χ2v) is 9.31. The van der Waals surface area contributed by atoms with E-state index in [4.69, 9.17) is 0 Å². The van der Waals surface area contributed by atoms with Gasteiger partial charge in [0.25, 0.3) is 11.8 Å². The van der Waals surface area contributed by atoms with Crippen LogP contribution in [0.1, 0.15) is 55.6 Å². The Labute approximate surface area is 181 Å². The van der Waals surface area contributed by atoms with E-state index in [1.165, 1.54) is 4.88 Å². The smallest absolute Gasteiger partial charge is 0.258 e. The number of hydrogen-bond donors (Lipinski definition) is 2. The SMILES string of the molecule is Cc1cc(C)cc(NC(=O)c2c(NC(=O)c3ccccc3)sc3c2CC[C@@H](C)C3)c1. The van der Waals surface area contributed by atoms with Gasteiger partial charge in [0.1, 0.15) is 5.00 Å². The molecule has 4 rings (SSSR count). The van der Waals surface area contributed by atoms with Crippen molar-refractivity contribution >= 4 is 33.8 Å². The molecule has 0 spiro atoms. The highest BCUT2D eigenvalue weighted by molar-refractivity contribution is 7.17. The zero-order valence-electron chi connectivity index (χ0n) is 17.5. The van der Waals surface area contributed by atoms with Crippen LogP contribution in [-0.2, 0) is 12.8 Å². The second-order valence-electron chi connectivity index (χ2n) is 8.21. The molecular formula is C25H26N2O2S. The van der Waals surface area contributed by atoms with Crippen molar-refractivity contribution in [3.05, 3.63) is 81.2 Å². The highest BCUT2D eigenvalue weighted by atomic mass is 32.1. The van der Waals surface area contributed by atoms with E-state index in [-0.39, 0.29) is 11.8 Å². The number of carbonyl (C=O) groups is 2. The molecule has 154 valence electrons. The van der Waals surface area contributed by atoms with Gasteiger partial charge >= 0.3 is 0 Å². The molecule has 2 N–H and O–H groups in total. The minimum Gasteiger partial charge on any atom is -0.322 e. The van der Waals surface area contributed by atoms with E-state index in [1.807, 2.05) is 44.2 Å². The molecule has 0 unspecified atom stereocenters. The highest BCUT2D eigenvalue weighted by Gasteiger charge is 2.28. The predicted octanol–water partition coefficient (Wildman–Crippen LogP) is 5.99. The van der Waals surface area contributed by atoms with E-state index in [9.17, 15) is 9.59 Å². The quantitative estimate of drug-likeness (QED) is 0.546. The number of anilines is 2. The van der Waals surface area contributed by atoms with E-state index >= 15 is 0 Å². The van der Waals surface area contributed by atoms with Gasteiger partial charge in [0.05, 0.1) is 5.56 Å². The van der Waals surface area contributed by atoms with Crippen molar-refractivity contribution in [2.75, 3.05) is 10.6 Å². The topological polar surface area (TPSA) is 58.2 Å². The Morgan fingerprint density at radius 3 is 2.37 bits per heavy atom. The molecule has 30 heavy (non-hydrogen) atoms. The summed E-state index contributed by atoms with van der Waals surface area (Å²) in [6.45, 7) is 6.27. The van der Waals surface area contributed by atoms with Crippen molar-refractivity contribution in [3.8, 4) is 0 Å². The molecule has 3 aromatic rings. The van der Waals surface area contributed by atoms with Crippen molar-refractivity contribution in [1.82, 2.24) is 0 Å². The van der Waals surface area contributed by atoms with E-state index in [1.54, 1.807) is 23.5 Å². The molecule has 4 nitrogen and oxygen atoms in total. The van der Waals surface area contributed by atoms with Gasteiger partial charge in [0.2, 0.25) is 0 Å². The summed E-state index contributed by atoms with van der Waals surface area (Å²) in [5.41, 5.74) is 5.27. The maximum absolute atomic E-state index is 13.3. The normalized spacial score (nSPS) is 15.4. The van der Waals surface area contributed by atoms with Crippen LogP contribution < -0.4 is 10.6 Å². The van der Waals surface area contributed by atoms with Crippen LogP contribution in [0.2, 0.25) is 0 Å². The van der Waals surface area contributed by atoms with Gasteiger partial charge in [-0.15, -0.1) is 11.3 Å². The van der Waals surface area contributed by atoms with Crippen LogP contribution in [0.4, 0.5) is 10.7 Å². The molecular weight excluding hydrogens is 392 g/mol. The Bertz CT molecular complexity index is 1080. The standard InChI is InChI=1S/C25H26N2O2S/c1-15-9-10-20-21(14-15)30-25(27-23(28)18-7-5-4-6-8-18)22(20)24(29)26-19-12-16(2)11-17(3)13-19/h4-8,11-13,15H,9-10,14H2,1-3H3,(H,26,29)(H,27,28)/t15-/m1/s1. The van der Waals surface area contributed by atoms with Crippen molar-refractivity contribution in [3.63, 3.8) is 0 Å². The predicted molar refractivity (Wildman–Crippen MR) is 124 cm³/mol. The number of benzene rings is 2. The van der Waals surface area contributed by atoms with Crippen molar-refractivity contribution in [2.45, 2.75) is 40.0 Å². The number of thiophene rings is 1. The molecule has 0 saturated carbocycles. The molecule has 2 aromatic carbocycles. The van der Waals surface area contributed by atoms with Gasteiger partial charge in [-0.25, -0.2) is 0 Å². The Hall–Kier alpha value is -2.92. The second kappa shape index (κ2) is 8.44. The molecule has 0 aliphatic heterocycles. The number of carbonyl (C=O) groups excluding carboxylic acids is 2. The molecule has 1 atom stereocenters. The summed E-state index contributed by atoms with van der Waals surface area (Å²) in [5.74, 6) is 0.238. The maximum Gasteiger partial charge on any atom is 0.258 e.